The number of aromatic nitrogens is 1. The number of carbonyl (C=O) groups is 3. The highest BCUT2D eigenvalue weighted by Gasteiger charge is 2.28. The highest BCUT2D eigenvalue weighted by atomic mass is 32.1. The molecule has 8 heteroatoms. The number of Topliss-reactive ketones (excluding diaryl/α,β-unsaturated/α-hetero) is 1. The molecule has 3 N–H and O–H groups in total. The van der Waals surface area contributed by atoms with Gasteiger partial charge < -0.3 is 15.5 Å². The van der Waals surface area contributed by atoms with Crippen LogP contribution in [-0.4, -0.2) is 45.5 Å². The number of aryl methyl sites for hydroxylation is 1. The van der Waals surface area contributed by atoms with Crippen molar-refractivity contribution in [3.8, 4) is 0 Å². The molecule has 0 aliphatic carbocycles. The molecule has 2 rings (SSSR count). The van der Waals surface area contributed by atoms with Crippen molar-refractivity contribution in [3.05, 3.63) is 22.2 Å². The molecule has 1 aromatic rings. The van der Waals surface area contributed by atoms with Gasteiger partial charge in [0.05, 0.1) is 23.2 Å². The monoisotopic (exact) mass is 568 g/mol. The summed E-state index contributed by atoms with van der Waals surface area (Å²) in [5.74, 6) is -0.141. The van der Waals surface area contributed by atoms with Gasteiger partial charge in [0.25, 0.3) is 0 Å². The van der Waals surface area contributed by atoms with Crippen LogP contribution < -0.4 is 5.32 Å². The normalized spacial score (nSPS) is 25.1. The van der Waals surface area contributed by atoms with Gasteiger partial charge in [-0.3, -0.25) is 14.4 Å². The molecule has 226 valence electrons. The van der Waals surface area contributed by atoms with Gasteiger partial charge in [0.2, 0.25) is 5.91 Å². The van der Waals surface area contributed by atoms with Crippen molar-refractivity contribution in [1.29, 1.82) is 0 Å². The number of nitrogens with zero attached hydrogens (tertiary/aromatic N) is 1. The van der Waals surface area contributed by atoms with Crippen molar-refractivity contribution in [2.45, 2.75) is 120 Å². The maximum Gasteiger partial charge on any atom is 0.303 e. The molecule has 1 fully saturated rings. The SMILES string of the molecule is C/C=C\c1csc(C)n1.CC.CC1CCCNC(=O)CC(O)C(C)C(=O)C(C)CC(C)CCC1.CCC(=O)O. The maximum atomic E-state index is 12.5. The van der Waals surface area contributed by atoms with Gasteiger partial charge in [-0.15, -0.1) is 11.3 Å². The predicted octanol–water partition coefficient (Wildman–Crippen LogP) is 7.31. The molecular weight excluding hydrogens is 512 g/mol. The first-order valence-electron chi connectivity index (χ1n) is 14.7. The molecule has 1 aliphatic rings. The number of carboxylic acids is 1. The average molecular weight is 569 g/mol. The van der Waals surface area contributed by atoms with Crippen LogP contribution in [0.2, 0.25) is 0 Å². The van der Waals surface area contributed by atoms with Crippen LogP contribution in [0.3, 0.4) is 0 Å². The quantitative estimate of drug-likeness (QED) is 0.344. The fourth-order valence-electron chi connectivity index (χ4n) is 4.18. The Morgan fingerprint density at radius 1 is 1.10 bits per heavy atom. The second-order valence-electron chi connectivity index (χ2n) is 10.3. The van der Waals surface area contributed by atoms with Crippen molar-refractivity contribution in [2.24, 2.45) is 23.7 Å². The van der Waals surface area contributed by atoms with E-state index >= 15 is 0 Å². The Kier molecular flexibility index (Phi) is 23.8. The molecule has 1 amide bonds. The molecule has 0 bridgehead atoms. The summed E-state index contributed by atoms with van der Waals surface area (Å²) in [6.45, 7) is 18.4. The fraction of sp³-hybridized carbons (Fsp3) is 0.742. The van der Waals surface area contributed by atoms with Crippen LogP contribution in [0, 0.1) is 30.6 Å². The second kappa shape index (κ2) is 23.8. The number of hydrogen-bond acceptors (Lipinski definition) is 6. The summed E-state index contributed by atoms with van der Waals surface area (Å²) in [6, 6.07) is 0. The lowest BCUT2D eigenvalue weighted by atomic mass is 9.83. The van der Waals surface area contributed by atoms with E-state index < -0.39 is 18.0 Å². The standard InChI is InChI=1S/C19H35NO3.C7H9NS.C3H6O2.C2H6/c1-13-7-5-8-14(2)11-15(3)19(23)16(4)17(21)12-18(22)20-10-6-9-13;1-3-4-7-5-9-6(2)8-7;1-2-3(4)5;1-2/h13-17,21H,5-12H2,1-4H3,(H,20,22);3-5H,1-2H3;2H2,1H3,(H,4,5);1-2H3/b;4-3-;;. The lowest BCUT2D eigenvalue weighted by Gasteiger charge is -2.23. The number of carboxylic acid groups (broad SMARTS) is 1. The third-order valence-electron chi connectivity index (χ3n) is 6.53. The van der Waals surface area contributed by atoms with Crippen molar-refractivity contribution >= 4 is 35.1 Å². The third-order valence-corrected chi connectivity index (χ3v) is 7.32. The number of aliphatic hydroxyl groups excluding tert-OH is 1. The summed E-state index contributed by atoms with van der Waals surface area (Å²) >= 11 is 1.68. The van der Waals surface area contributed by atoms with Gasteiger partial charge in [0.15, 0.2) is 0 Å². The lowest BCUT2D eigenvalue weighted by Crippen LogP contribution is -2.35. The number of aliphatic carboxylic acids is 1. The number of allylic oxidation sites excluding steroid dienone is 1. The summed E-state index contributed by atoms with van der Waals surface area (Å²) in [6.07, 6.45) is 9.91. The van der Waals surface area contributed by atoms with Crippen molar-refractivity contribution in [3.63, 3.8) is 0 Å². The number of nitrogens with one attached hydrogen (secondary N) is 1. The predicted molar refractivity (Wildman–Crippen MR) is 164 cm³/mol. The van der Waals surface area contributed by atoms with Gasteiger partial charge in [-0.05, 0) is 51.0 Å². The number of aliphatic hydroxyl groups is 1. The number of amides is 1. The van der Waals surface area contributed by atoms with E-state index in [1.165, 1.54) is 12.8 Å². The first-order valence-corrected chi connectivity index (χ1v) is 15.5. The second-order valence-corrected chi connectivity index (χ2v) is 11.3. The average Bonchev–Trinajstić information content (AvgIpc) is 3.31. The highest BCUT2D eigenvalue weighted by molar-refractivity contribution is 7.09. The Bertz CT molecular complexity index is 824. The van der Waals surface area contributed by atoms with Crippen LogP contribution in [0.4, 0.5) is 0 Å². The van der Waals surface area contributed by atoms with E-state index in [1.807, 2.05) is 46.8 Å². The van der Waals surface area contributed by atoms with Crippen LogP contribution in [0.1, 0.15) is 117 Å². The number of carbonyl (C=O) groups excluding carboxylic acids is 2. The number of hydrogen-bond donors (Lipinski definition) is 3. The molecule has 0 aromatic carbocycles. The van der Waals surface area contributed by atoms with Crippen molar-refractivity contribution in [1.82, 2.24) is 10.3 Å². The Balaban J connectivity index is 0. The molecule has 1 aromatic heterocycles. The van der Waals surface area contributed by atoms with E-state index in [9.17, 15) is 19.5 Å². The molecule has 1 saturated heterocycles. The zero-order valence-corrected chi connectivity index (χ0v) is 26.8. The van der Waals surface area contributed by atoms with Gasteiger partial charge in [0.1, 0.15) is 5.78 Å². The van der Waals surface area contributed by atoms with Crippen LogP contribution in [0.25, 0.3) is 6.08 Å². The summed E-state index contributed by atoms with van der Waals surface area (Å²) < 4.78 is 0. The van der Waals surface area contributed by atoms with Crippen LogP contribution >= 0.6 is 11.3 Å². The highest BCUT2D eigenvalue weighted by Crippen LogP contribution is 2.24. The first kappa shape index (κ1) is 39.1. The Labute approximate surface area is 241 Å². The molecule has 0 radical (unpaired) electrons. The number of rotatable bonds is 2. The van der Waals surface area contributed by atoms with Crippen molar-refractivity contribution in [2.75, 3.05) is 6.54 Å². The Morgan fingerprint density at radius 2 is 1.67 bits per heavy atom. The first-order chi connectivity index (χ1) is 18.4. The number of thiazole rings is 1. The summed E-state index contributed by atoms with van der Waals surface area (Å²) in [5.41, 5.74) is 1.07. The van der Waals surface area contributed by atoms with E-state index in [-0.39, 0.29) is 30.4 Å². The van der Waals surface area contributed by atoms with Gasteiger partial charge in [-0.2, -0.15) is 0 Å². The molecule has 7 nitrogen and oxygen atoms in total. The molecule has 5 unspecified atom stereocenters. The van der Waals surface area contributed by atoms with Crippen molar-refractivity contribution < 1.29 is 24.6 Å². The molecular formula is C31H56N2O5S. The minimum absolute atomic E-state index is 0.0186. The molecule has 0 spiro atoms. The summed E-state index contributed by atoms with van der Waals surface area (Å²) in [7, 11) is 0. The topological polar surface area (TPSA) is 117 Å². The summed E-state index contributed by atoms with van der Waals surface area (Å²) in [4.78, 5) is 37.9. The van der Waals surface area contributed by atoms with Gasteiger partial charge >= 0.3 is 5.97 Å². The molecule has 0 saturated carbocycles. The van der Waals surface area contributed by atoms with Gasteiger partial charge in [0, 0.05) is 30.2 Å². The minimum Gasteiger partial charge on any atom is -0.481 e. The third kappa shape index (κ3) is 20.5. The lowest BCUT2D eigenvalue weighted by molar-refractivity contribution is -0.136. The van der Waals surface area contributed by atoms with E-state index in [0.29, 0.717) is 18.4 Å². The zero-order chi connectivity index (χ0) is 30.4. The van der Waals surface area contributed by atoms with Gasteiger partial charge in [-0.1, -0.05) is 73.8 Å². The van der Waals surface area contributed by atoms with E-state index in [0.717, 1.165) is 36.4 Å². The van der Waals surface area contributed by atoms with Crippen LogP contribution in [0.15, 0.2) is 11.5 Å². The number of ketones is 1. The summed E-state index contributed by atoms with van der Waals surface area (Å²) in [5, 5.41) is 23.9. The van der Waals surface area contributed by atoms with Crippen LogP contribution in [-0.2, 0) is 14.4 Å². The van der Waals surface area contributed by atoms with E-state index in [1.54, 1.807) is 25.2 Å². The van der Waals surface area contributed by atoms with Gasteiger partial charge in [-0.25, -0.2) is 4.98 Å². The molecule has 2 heterocycles. The fourth-order valence-corrected chi connectivity index (χ4v) is 4.76. The van der Waals surface area contributed by atoms with E-state index in [2.05, 4.69) is 29.5 Å². The zero-order valence-electron chi connectivity index (χ0n) is 26.0. The van der Waals surface area contributed by atoms with Crippen LogP contribution in [0.5, 0.6) is 0 Å². The molecule has 5 atom stereocenters. The smallest absolute Gasteiger partial charge is 0.303 e. The largest absolute Gasteiger partial charge is 0.481 e. The molecule has 39 heavy (non-hydrogen) atoms. The molecule has 1 aliphatic heterocycles. The minimum atomic E-state index is -0.882. The maximum absolute atomic E-state index is 12.5. The Morgan fingerprint density at radius 3 is 2.18 bits per heavy atom. The van der Waals surface area contributed by atoms with E-state index in [4.69, 9.17) is 5.11 Å². The Hall–Kier alpha value is -2.06.